The molecule has 0 amide bonds. The number of nitrogens with zero attached hydrogens (tertiary/aromatic N) is 2. The average Bonchev–Trinajstić information content (AvgIpc) is 2.98. The van der Waals surface area contributed by atoms with E-state index in [9.17, 15) is 10.1 Å². The molecule has 0 N–H and O–H groups in total. The fraction of sp³-hybridized carbons (Fsp3) is 0. The molecule has 1 aromatic heterocycles. The van der Waals surface area contributed by atoms with Crippen LogP contribution in [0.15, 0.2) is 54.6 Å². The Balaban J connectivity index is 1.92. The van der Waals surface area contributed by atoms with Gasteiger partial charge in [0.05, 0.1) is 10.5 Å². The van der Waals surface area contributed by atoms with E-state index >= 15 is 0 Å². The molecule has 1 heterocycles. The fourth-order valence-electron chi connectivity index (χ4n) is 1.73. The minimum absolute atomic E-state index is 0.0947. The Morgan fingerprint density at radius 1 is 1.00 bits per heavy atom. The van der Waals surface area contributed by atoms with Gasteiger partial charge in [-0.15, -0.1) is 0 Å². The first-order valence-corrected chi connectivity index (χ1v) is 7.43. The van der Waals surface area contributed by atoms with Gasteiger partial charge in [0.15, 0.2) is 0 Å². The Morgan fingerprint density at radius 2 is 1.70 bits per heavy atom. The molecule has 0 saturated carbocycles. The summed E-state index contributed by atoms with van der Waals surface area (Å²) < 4.78 is 5.55. The van der Waals surface area contributed by atoms with Crippen molar-refractivity contribution in [2.24, 2.45) is 0 Å². The summed E-state index contributed by atoms with van der Waals surface area (Å²) >= 11 is 3.03. The standard InChI is InChI=1S/C14H9N2O2S2/c17-16(18)12-8-6-10(7-9-12)13-15-20-14(19-13)11-4-2-1-3-5-11/h1-9H/q+1. The highest BCUT2D eigenvalue weighted by Gasteiger charge is 2.20. The van der Waals surface area contributed by atoms with Crippen LogP contribution in [-0.4, -0.2) is 9.30 Å². The van der Waals surface area contributed by atoms with Crippen LogP contribution in [0.3, 0.4) is 0 Å². The summed E-state index contributed by atoms with van der Waals surface area (Å²) in [6, 6.07) is 16.5. The first-order chi connectivity index (χ1) is 9.74. The molecule has 0 aliphatic rings. The molecule has 0 spiro atoms. The SMILES string of the molecule is O=[N+]([O-])c1ccc(-c2nsc(-c3ccccc3)[s+]2)cc1. The molecular weight excluding hydrogens is 292 g/mol. The quantitative estimate of drug-likeness (QED) is 0.399. The fourth-order valence-corrected chi connectivity index (χ4v) is 3.69. The molecule has 3 rings (SSSR count). The van der Waals surface area contributed by atoms with Crippen molar-refractivity contribution in [3.63, 3.8) is 0 Å². The molecule has 6 heteroatoms. The number of hydrogen-bond acceptors (Lipinski definition) is 4. The zero-order valence-corrected chi connectivity index (χ0v) is 11.9. The Labute approximate surface area is 123 Å². The third-order valence-electron chi connectivity index (χ3n) is 2.74. The smallest absolute Gasteiger partial charge is 0.258 e. The molecule has 98 valence electrons. The highest BCUT2D eigenvalue weighted by Crippen LogP contribution is 2.35. The molecule has 0 saturated heterocycles. The zero-order chi connectivity index (χ0) is 13.9. The van der Waals surface area contributed by atoms with Gasteiger partial charge in [0.25, 0.3) is 10.7 Å². The van der Waals surface area contributed by atoms with Crippen LogP contribution in [-0.2, 0) is 0 Å². The summed E-state index contributed by atoms with van der Waals surface area (Å²) in [6.07, 6.45) is 0. The van der Waals surface area contributed by atoms with Crippen molar-refractivity contribution in [2.45, 2.75) is 0 Å². The number of nitro groups is 1. The van der Waals surface area contributed by atoms with Crippen LogP contribution in [0, 0.1) is 10.1 Å². The Hall–Kier alpha value is -2.18. The maximum Gasteiger partial charge on any atom is 0.310 e. The van der Waals surface area contributed by atoms with Crippen molar-refractivity contribution >= 4 is 28.6 Å². The molecule has 0 bridgehead atoms. The van der Waals surface area contributed by atoms with E-state index in [1.54, 1.807) is 23.5 Å². The van der Waals surface area contributed by atoms with Crippen LogP contribution >= 0.6 is 22.9 Å². The number of aromatic nitrogens is 1. The number of rotatable bonds is 3. The molecule has 20 heavy (non-hydrogen) atoms. The van der Waals surface area contributed by atoms with Crippen LogP contribution in [0.4, 0.5) is 5.69 Å². The Bertz CT molecular complexity index is 739. The van der Waals surface area contributed by atoms with E-state index in [1.165, 1.54) is 23.7 Å². The highest BCUT2D eigenvalue weighted by molar-refractivity contribution is 7.34. The minimum Gasteiger partial charge on any atom is -0.258 e. The first-order valence-electron chi connectivity index (χ1n) is 5.84. The third kappa shape index (κ3) is 2.56. The number of nitro benzene ring substituents is 1. The molecule has 0 aliphatic carbocycles. The summed E-state index contributed by atoms with van der Waals surface area (Å²) in [5, 5.41) is 11.5. The van der Waals surface area contributed by atoms with E-state index < -0.39 is 4.92 Å². The van der Waals surface area contributed by atoms with Gasteiger partial charge in [0.1, 0.15) is 11.3 Å². The lowest BCUT2D eigenvalue weighted by Crippen LogP contribution is -1.86. The molecule has 0 atom stereocenters. The van der Waals surface area contributed by atoms with Crippen LogP contribution < -0.4 is 0 Å². The van der Waals surface area contributed by atoms with Gasteiger partial charge in [-0.25, -0.2) is 0 Å². The van der Waals surface area contributed by atoms with Crippen LogP contribution in [0.5, 0.6) is 0 Å². The van der Waals surface area contributed by atoms with Gasteiger partial charge in [0, 0.05) is 17.7 Å². The van der Waals surface area contributed by atoms with Crippen LogP contribution in [0.25, 0.3) is 20.3 Å². The second-order valence-corrected chi connectivity index (χ2v) is 6.08. The normalized spacial score (nSPS) is 10.4. The second-order valence-electron chi connectivity index (χ2n) is 4.05. The van der Waals surface area contributed by atoms with E-state index in [-0.39, 0.29) is 5.69 Å². The van der Waals surface area contributed by atoms with E-state index in [4.69, 9.17) is 0 Å². The van der Waals surface area contributed by atoms with Gasteiger partial charge >= 0.3 is 4.19 Å². The first kappa shape index (κ1) is 12.8. The molecule has 2 aromatic carbocycles. The van der Waals surface area contributed by atoms with Crippen molar-refractivity contribution in [1.29, 1.82) is 0 Å². The van der Waals surface area contributed by atoms with E-state index in [0.29, 0.717) is 0 Å². The summed E-state index contributed by atoms with van der Waals surface area (Å²) in [5.41, 5.74) is 2.14. The lowest BCUT2D eigenvalue weighted by Gasteiger charge is -1.91. The molecule has 0 unspecified atom stereocenters. The lowest BCUT2D eigenvalue weighted by molar-refractivity contribution is -0.384. The minimum atomic E-state index is -0.399. The lowest BCUT2D eigenvalue weighted by atomic mass is 10.2. The van der Waals surface area contributed by atoms with Crippen LogP contribution in [0.2, 0.25) is 0 Å². The summed E-state index contributed by atoms with van der Waals surface area (Å²) in [4.78, 5) is 10.2. The van der Waals surface area contributed by atoms with Gasteiger partial charge in [-0.05, 0) is 28.6 Å². The number of benzene rings is 2. The van der Waals surface area contributed by atoms with Gasteiger partial charge in [-0.1, -0.05) is 18.2 Å². The van der Waals surface area contributed by atoms with Gasteiger partial charge in [0.2, 0.25) is 11.5 Å². The van der Waals surface area contributed by atoms with E-state index in [2.05, 4.69) is 4.37 Å². The molecule has 0 radical (unpaired) electrons. The summed E-state index contributed by atoms with van der Waals surface area (Å²) in [6.45, 7) is 0. The summed E-state index contributed by atoms with van der Waals surface area (Å²) in [7, 11) is 0. The molecular formula is C14H9N2O2S2+. The predicted molar refractivity (Wildman–Crippen MR) is 81.9 cm³/mol. The maximum atomic E-state index is 10.6. The van der Waals surface area contributed by atoms with Crippen molar-refractivity contribution in [2.75, 3.05) is 0 Å². The number of non-ortho nitro benzene ring substituents is 1. The highest BCUT2D eigenvalue weighted by atomic mass is 32.2. The Morgan fingerprint density at radius 3 is 2.35 bits per heavy atom. The van der Waals surface area contributed by atoms with Gasteiger partial charge in [-0.3, -0.25) is 10.1 Å². The maximum absolute atomic E-state index is 10.6. The Kier molecular flexibility index (Phi) is 3.49. The topological polar surface area (TPSA) is 56.0 Å². The molecule has 3 aromatic rings. The second kappa shape index (κ2) is 5.44. The molecule has 0 fully saturated rings. The average molecular weight is 301 g/mol. The van der Waals surface area contributed by atoms with Gasteiger partial charge < -0.3 is 0 Å². The van der Waals surface area contributed by atoms with E-state index in [1.807, 2.05) is 30.3 Å². The molecule has 0 aliphatic heterocycles. The monoisotopic (exact) mass is 301 g/mol. The van der Waals surface area contributed by atoms with Crippen molar-refractivity contribution in [3.05, 3.63) is 64.7 Å². The third-order valence-corrected chi connectivity index (χ3v) is 4.94. The molecule has 4 nitrogen and oxygen atoms in total. The van der Waals surface area contributed by atoms with E-state index in [0.717, 1.165) is 20.3 Å². The van der Waals surface area contributed by atoms with Crippen molar-refractivity contribution in [1.82, 2.24) is 4.37 Å². The zero-order valence-electron chi connectivity index (χ0n) is 10.2. The number of hydrogen-bond donors (Lipinski definition) is 0. The largest absolute Gasteiger partial charge is 0.310 e. The predicted octanol–water partition coefficient (Wildman–Crippen LogP) is 4.73. The van der Waals surface area contributed by atoms with Crippen molar-refractivity contribution in [3.8, 4) is 20.3 Å². The van der Waals surface area contributed by atoms with Crippen molar-refractivity contribution < 1.29 is 4.92 Å². The van der Waals surface area contributed by atoms with Gasteiger partial charge in [-0.2, -0.15) is 0 Å². The van der Waals surface area contributed by atoms with Crippen LogP contribution in [0.1, 0.15) is 0 Å². The summed E-state index contributed by atoms with van der Waals surface area (Å²) in [5.74, 6) is 0.